The van der Waals surface area contributed by atoms with Gasteiger partial charge in [0.1, 0.15) is 0 Å². The lowest BCUT2D eigenvalue weighted by atomic mass is 9.85. The summed E-state index contributed by atoms with van der Waals surface area (Å²) < 4.78 is 30.4. The molecule has 4 aliphatic rings. The maximum absolute atomic E-state index is 14.2. The zero-order chi connectivity index (χ0) is 41.2. The second-order valence-corrected chi connectivity index (χ2v) is 20.3. The molecule has 1 heterocycles. The van der Waals surface area contributed by atoms with Gasteiger partial charge in [-0.1, -0.05) is 78.1 Å². The van der Waals surface area contributed by atoms with Gasteiger partial charge in [-0.2, -0.15) is 13.1 Å². The first-order valence-corrected chi connectivity index (χ1v) is 25.1. The molecule has 0 radical (unpaired) electrons. The number of alkyl halides is 4. The molecule has 3 aliphatic carbocycles. The van der Waals surface area contributed by atoms with Crippen LogP contribution >= 0.6 is 46.4 Å². The van der Waals surface area contributed by atoms with Gasteiger partial charge in [-0.15, -0.1) is 46.4 Å². The normalized spacial score (nSPS) is 31.5. The molecule has 12 nitrogen and oxygen atoms in total. The molecule has 1 saturated heterocycles. The fourth-order valence-electron chi connectivity index (χ4n) is 8.74. The largest absolute Gasteiger partial charge is 0.335 e. The minimum Gasteiger partial charge on any atom is -0.302 e. The fraction of sp³-hybridized carbons (Fsp3) is 0.925. The quantitative estimate of drug-likeness (QED) is 0.0479. The standard InChI is InChI=1S/C40H71Cl4N7O5S/c1-4-6-7-8-9-10-11-12-13-14-15-24-56-45-28-29-16-21-33(42)36(25-29)48-39-37(40(52)51(49-39)38-34(43)26-30(41)27-35(38)44)47-31-17-19-32(20-18-31)50(5-2)23-22-46-57(53,54)55-3/h29-36,38,45-46H,4-28H2,1-3H3,(H,48,49). The van der Waals surface area contributed by atoms with Crippen molar-refractivity contribution in [2.75, 3.05) is 39.9 Å². The highest BCUT2D eigenvalue weighted by Gasteiger charge is 2.47. The first-order chi connectivity index (χ1) is 27.5. The molecule has 3 N–H and O–H groups in total. The summed E-state index contributed by atoms with van der Waals surface area (Å²) in [5, 5.41) is 0.350. The molecular weight excluding hydrogens is 832 g/mol. The third-order valence-corrected chi connectivity index (χ3v) is 14.9. The molecule has 57 heavy (non-hydrogen) atoms. The summed E-state index contributed by atoms with van der Waals surface area (Å²) in [6, 6.07) is -0.470. The summed E-state index contributed by atoms with van der Waals surface area (Å²) in [5.74, 6) is 0.488. The van der Waals surface area contributed by atoms with Crippen molar-refractivity contribution in [1.82, 2.24) is 25.5 Å². The van der Waals surface area contributed by atoms with Crippen LogP contribution < -0.4 is 15.6 Å². The molecule has 4 rings (SSSR count). The van der Waals surface area contributed by atoms with Crippen LogP contribution in [-0.2, 0) is 24.1 Å². The second kappa shape index (κ2) is 26.1. The molecule has 0 bridgehead atoms. The topological polar surface area (TPSA) is 137 Å². The predicted molar refractivity (Wildman–Crippen MR) is 235 cm³/mol. The van der Waals surface area contributed by atoms with Crippen molar-refractivity contribution in [3.63, 3.8) is 0 Å². The van der Waals surface area contributed by atoms with Gasteiger partial charge >= 0.3 is 10.3 Å². The number of hydroxylamine groups is 1. The van der Waals surface area contributed by atoms with Crippen molar-refractivity contribution < 1.29 is 22.2 Å². The fourth-order valence-corrected chi connectivity index (χ4v) is 11.1. The van der Waals surface area contributed by atoms with Crippen LogP contribution in [0.3, 0.4) is 0 Å². The molecule has 5 atom stereocenters. The number of carbonyl (C=O) groups is 1. The molecule has 1 amide bonds. The highest BCUT2D eigenvalue weighted by atomic mass is 35.5. The number of amides is 1. The van der Waals surface area contributed by atoms with Crippen molar-refractivity contribution in [2.45, 2.75) is 188 Å². The second-order valence-electron chi connectivity index (χ2n) is 16.4. The Balaban J connectivity index is 1.32. The Morgan fingerprint density at radius 1 is 0.825 bits per heavy atom. The first kappa shape index (κ1) is 49.2. The summed E-state index contributed by atoms with van der Waals surface area (Å²) >= 11 is 27.0. The van der Waals surface area contributed by atoms with Crippen molar-refractivity contribution >= 4 is 74.2 Å². The Hall–Kier alpha value is -0.480. The molecule has 3 saturated carbocycles. The van der Waals surface area contributed by atoms with Gasteiger partial charge in [0.15, 0.2) is 11.5 Å². The number of likely N-dealkylation sites (N-methyl/N-ethyl adjacent to an activating group) is 1. The van der Waals surface area contributed by atoms with E-state index in [9.17, 15) is 13.2 Å². The first-order valence-electron chi connectivity index (χ1n) is 21.9. The molecule has 17 heteroatoms. The summed E-state index contributed by atoms with van der Waals surface area (Å²) in [4.78, 5) is 32.5. The van der Waals surface area contributed by atoms with Gasteiger partial charge < -0.3 is 4.84 Å². The predicted octanol–water partition coefficient (Wildman–Crippen LogP) is 7.88. The third-order valence-electron chi connectivity index (χ3n) is 12.1. The maximum Gasteiger partial charge on any atom is 0.335 e. The Kier molecular flexibility index (Phi) is 22.5. The highest BCUT2D eigenvalue weighted by Crippen LogP contribution is 2.36. The average Bonchev–Trinajstić information content (AvgIpc) is 3.47. The molecule has 1 aliphatic heterocycles. The summed E-state index contributed by atoms with van der Waals surface area (Å²) in [6.45, 7) is 7.40. The monoisotopic (exact) mass is 901 g/mol. The van der Waals surface area contributed by atoms with E-state index >= 15 is 0 Å². The molecule has 5 unspecified atom stereocenters. The molecular formula is C40H71Cl4N7O5S. The van der Waals surface area contributed by atoms with Crippen molar-refractivity contribution in [3.8, 4) is 0 Å². The van der Waals surface area contributed by atoms with Gasteiger partial charge in [0.05, 0.1) is 48.0 Å². The van der Waals surface area contributed by atoms with Crippen LogP contribution in [0.1, 0.15) is 142 Å². The van der Waals surface area contributed by atoms with Crippen LogP contribution in [0.4, 0.5) is 0 Å². The maximum atomic E-state index is 14.2. The van der Waals surface area contributed by atoms with E-state index in [0.717, 1.165) is 71.6 Å². The lowest BCUT2D eigenvalue weighted by Crippen LogP contribution is -2.56. The number of hydrazine groups is 1. The molecule has 330 valence electrons. The van der Waals surface area contributed by atoms with Gasteiger partial charge in [-0.05, 0) is 76.7 Å². The minimum absolute atomic E-state index is 0.0670. The van der Waals surface area contributed by atoms with Crippen LogP contribution in [-0.4, -0.2) is 121 Å². The number of aliphatic imine (C=N–C) groups is 2. The lowest BCUT2D eigenvalue weighted by Gasteiger charge is -2.39. The lowest BCUT2D eigenvalue weighted by molar-refractivity contribution is -0.127. The summed E-state index contributed by atoms with van der Waals surface area (Å²) in [5.41, 5.74) is 6.82. The number of amidine groups is 1. The van der Waals surface area contributed by atoms with E-state index in [2.05, 4.69) is 38.6 Å². The summed E-state index contributed by atoms with van der Waals surface area (Å²) in [6.07, 6.45) is 21.3. The molecule has 0 spiro atoms. The van der Waals surface area contributed by atoms with Crippen molar-refractivity contribution in [1.29, 1.82) is 0 Å². The van der Waals surface area contributed by atoms with Crippen LogP contribution in [0.25, 0.3) is 0 Å². The van der Waals surface area contributed by atoms with Gasteiger partial charge in [0, 0.05) is 31.1 Å². The number of hydrogen-bond acceptors (Lipinski definition) is 9. The zero-order valence-electron chi connectivity index (χ0n) is 34.6. The number of nitrogens with one attached hydrogen (secondary N) is 3. The van der Waals surface area contributed by atoms with Crippen LogP contribution in [0.15, 0.2) is 9.98 Å². The van der Waals surface area contributed by atoms with E-state index in [1.807, 2.05) is 0 Å². The van der Waals surface area contributed by atoms with E-state index < -0.39 is 27.1 Å². The van der Waals surface area contributed by atoms with E-state index in [-0.39, 0.29) is 41.3 Å². The third kappa shape index (κ3) is 16.4. The van der Waals surface area contributed by atoms with Crippen molar-refractivity contribution in [3.05, 3.63) is 0 Å². The number of halogens is 4. The number of unbranched alkanes of at least 4 members (excludes halogenated alkanes) is 10. The number of hydrogen-bond donors (Lipinski definition) is 3. The van der Waals surface area contributed by atoms with E-state index in [0.29, 0.717) is 43.5 Å². The molecule has 0 aromatic rings. The average molecular weight is 904 g/mol. The summed E-state index contributed by atoms with van der Waals surface area (Å²) in [7, 11) is -2.59. The zero-order valence-corrected chi connectivity index (χ0v) is 38.5. The van der Waals surface area contributed by atoms with Crippen LogP contribution in [0, 0.1) is 5.92 Å². The molecule has 4 fully saturated rings. The molecule has 0 aromatic carbocycles. The Labute approximate surface area is 363 Å². The van der Waals surface area contributed by atoms with E-state index in [1.54, 1.807) is 0 Å². The Morgan fingerprint density at radius 2 is 1.46 bits per heavy atom. The highest BCUT2D eigenvalue weighted by molar-refractivity contribution is 7.84. The number of nitrogens with zero attached hydrogens (tertiary/aromatic N) is 4. The van der Waals surface area contributed by atoms with Crippen LogP contribution in [0.2, 0.25) is 0 Å². The Morgan fingerprint density at radius 3 is 2.07 bits per heavy atom. The minimum atomic E-state index is -3.73. The van der Waals surface area contributed by atoms with Gasteiger partial charge in [0.25, 0.3) is 5.91 Å². The van der Waals surface area contributed by atoms with Crippen molar-refractivity contribution in [2.24, 2.45) is 15.9 Å². The Bertz CT molecular complexity index is 1350. The molecule has 0 aromatic heterocycles. The van der Waals surface area contributed by atoms with Crippen LogP contribution in [0.5, 0.6) is 0 Å². The van der Waals surface area contributed by atoms with E-state index in [1.165, 1.54) is 69.2 Å². The number of rotatable bonds is 25. The smallest absolute Gasteiger partial charge is 0.302 e. The van der Waals surface area contributed by atoms with Gasteiger partial charge in [0.2, 0.25) is 0 Å². The number of carbonyl (C=O) groups excluding carboxylic acids is 1. The van der Waals surface area contributed by atoms with E-state index in [4.69, 9.17) is 61.2 Å². The van der Waals surface area contributed by atoms with Gasteiger partial charge in [-0.3, -0.25) is 29.3 Å². The SMILES string of the molecule is CCCCCCCCCCCCCONCC1CCC(Cl)C(N=C2NN(C3C(Cl)CC(Cl)CC3Cl)C(=O)C2=NC2CCC(N(CC)CCNS(=O)(=O)OC)CC2)C1. The van der Waals surface area contributed by atoms with Gasteiger partial charge in [-0.25, -0.2) is 10.5 Å².